The fourth-order valence-electron chi connectivity index (χ4n) is 1.29. The van der Waals surface area contributed by atoms with Gasteiger partial charge in [-0.2, -0.15) is 0 Å². The Balaban J connectivity index is 1.93. The van der Waals surface area contributed by atoms with Crippen molar-refractivity contribution in [3.8, 4) is 0 Å². The molecule has 82 valence electrons. The minimum absolute atomic E-state index is 0.106. The molecule has 0 aliphatic heterocycles. The largest absolute Gasteiger partial charge is 0.360 e. The zero-order valence-corrected chi connectivity index (χ0v) is 9.60. The number of amides is 1. The van der Waals surface area contributed by atoms with Gasteiger partial charge in [0.2, 0.25) is 10.1 Å². The molecule has 1 fully saturated rings. The fourth-order valence-corrected chi connectivity index (χ4v) is 2.01. The van der Waals surface area contributed by atoms with Crippen LogP contribution in [0.5, 0.6) is 0 Å². The Morgan fingerprint density at radius 2 is 2.33 bits per heavy atom. The molecule has 1 saturated carbocycles. The number of carbonyl (C=O) groups excluding carboxylic acids is 1. The van der Waals surface area contributed by atoms with Crippen molar-refractivity contribution in [3.63, 3.8) is 0 Å². The number of anilines is 1. The van der Waals surface area contributed by atoms with Crippen molar-refractivity contribution in [2.24, 2.45) is 5.92 Å². The summed E-state index contributed by atoms with van der Waals surface area (Å²) in [5.41, 5.74) is 0. The molecule has 2 unspecified atom stereocenters. The van der Waals surface area contributed by atoms with E-state index in [-0.39, 0.29) is 5.91 Å². The van der Waals surface area contributed by atoms with Crippen molar-refractivity contribution >= 4 is 22.4 Å². The van der Waals surface area contributed by atoms with E-state index in [1.165, 1.54) is 11.3 Å². The van der Waals surface area contributed by atoms with Gasteiger partial charge in [0.1, 0.15) is 0 Å². The molecule has 1 aromatic rings. The van der Waals surface area contributed by atoms with Crippen LogP contribution >= 0.6 is 11.3 Å². The third-order valence-corrected chi connectivity index (χ3v) is 3.25. The molecule has 6 heteroatoms. The first-order valence-corrected chi connectivity index (χ1v) is 5.90. The quantitative estimate of drug-likeness (QED) is 0.807. The first-order valence-electron chi connectivity index (χ1n) is 5.09. The van der Waals surface area contributed by atoms with E-state index in [0.29, 0.717) is 22.1 Å². The third kappa shape index (κ3) is 2.44. The Hall–Kier alpha value is -1.17. The van der Waals surface area contributed by atoms with Crippen molar-refractivity contribution in [3.05, 3.63) is 5.01 Å². The van der Waals surface area contributed by atoms with Gasteiger partial charge in [-0.15, -0.1) is 10.2 Å². The molecule has 0 bridgehead atoms. The Morgan fingerprint density at radius 3 is 2.93 bits per heavy atom. The minimum atomic E-state index is -0.106. The van der Waals surface area contributed by atoms with Crippen LogP contribution in [0.3, 0.4) is 0 Å². The summed E-state index contributed by atoms with van der Waals surface area (Å²) >= 11 is 1.29. The van der Waals surface area contributed by atoms with Gasteiger partial charge in [-0.05, 0) is 19.3 Å². The number of rotatable bonds is 4. The molecule has 0 saturated heterocycles. The average Bonchev–Trinajstić information content (AvgIpc) is 2.72. The standard InChI is InChI=1S/C9H14N4OS/c1-3-10-9-13-12-8(15-9)7(14)11-6-4-5(6)2/h5-6H,3-4H2,1-2H3,(H,10,13)(H,11,14). The molecule has 2 atom stereocenters. The predicted octanol–water partition coefficient (Wildman–Crippen LogP) is 1.11. The van der Waals surface area contributed by atoms with Gasteiger partial charge in [-0.3, -0.25) is 4.79 Å². The summed E-state index contributed by atoms with van der Waals surface area (Å²) in [6.45, 7) is 4.89. The second-order valence-electron chi connectivity index (χ2n) is 3.74. The smallest absolute Gasteiger partial charge is 0.282 e. The molecule has 1 heterocycles. The number of nitrogens with one attached hydrogen (secondary N) is 2. The highest BCUT2D eigenvalue weighted by molar-refractivity contribution is 7.17. The topological polar surface area (TPSA) is 66.9 Å². The van der Waals surface area contributed by atoms with Crippen LogP contribution in [0.25, 0.3) is 0 Å². The number of nitrogens with zero attached hydrogens (tertiary/aromatic N) is 2. The van der Waals surface area contributed by atoms with E-state index >= 15 is 0 Å². The molecule has 1 aromatic heterocycles. The molecular formula is C9H14N4OS. The lowest BCUT2D eigenvalue weighted by molar-refractivity contribution is 0.0948. The van der Waals surface area contributed by atoms with Gasteiger partial charge >= 0.3 is 0 Å². The van der Waals surface area contributed by atoms with Gasteiger partial charge in [0, 0.05) is 12.6 Å². The molecule has 1 aliphatic carbocycles. The summed E-state index contributed by atoms with van der Waals surface area (Å²) in [4.78, 5) is 11.6. The van der Waals surface area contributed by atoms with Crippen LogP contribution in [0.1, 0.15) is 30.1 Å². The Morgan fingerprint density at radius 1 is 1.60 bits per heavy atom. The molecule has 0 aromatic carbocycles. The van der Waals surface area contributed by atoms with Crippen LogP contribution in [-0.4, -0.2) is 28.7 Å². The van der Waals surface area contributed by atoms with Gasteiger partial charge in [0.25, 0.3) is 5.91 Å². The van der Waals surface area contributed by atoms with E-state index in [1.54, 1.807) is 0 Å². The zero-order valence-electron chi connectivity index (χ0n) is 8.78. The van der Waals surface area contributed by atoms with Gasteiger partial charge in [0.15, 0.2) is 0 Å². The van der Waals surface area contributed by atoms with Crippen LogP contribution in [-0.2, 0) is 0 Å². The highest BCUT2D eigenvalue weighted by Crippen LogP contribution is 2.29. The summed E-state index contributed by atoms with van der Waals surface area (Å²) < 4.78 is 0. The van der Waals surface area contributed by atoms with Gasteiger partial charge in [-0.25, -0.2) is 0 Å². The van der Waals surface area contributed by atoms with E-state index in [9.17, 15) is 4.79 Å². The van der Waals surface area contributed by atoms with E-state index in [0.717, 1.165) is 13.0 Å². The molecule has 5 nitrogen and oxygen atoms in total. The van der Waals surface area contributed by atoms with Crippen LogP contribution in [0.15, 0.2) is 0 Å². The first kappa shape index (κ1) is 10.4. The Bertz CT molecular complexity index is 365. The summed E-state index contributed by atoms with van der Waals surface area (Å²) in [7, 11) is 0. The van der Waals surface area contributed by atoms with Crippen molar-refractivity contribution < 1.29 is 4.79 Å². The Kier molecular flexibility index (Phi) is 2.86. The molecule has 2 N–H and O–H groups in total. The molecule has 1 aliphatic rings. The van der Waals surface area contributed by atoms with Crippen molar-refractivity contribution in [2.45, 2.75) is 26.3 Å². The van der Waals surface area contributed by atoms with Crippen LogP contribution in [0.2, 0.25) is 0 Å². The minimum Gasteiger partial charge on any atom is -0.360 e. The maximum absolute atomic E-state index is 11.6. The summed E-state index contributed by atoms with van der Waals surface area (Å²) in [6.07, 6.45) is 1.07. The zero-order chi connectivity index (χ0) is 10.8. The maximum atomic E-state index is 11.6. The van der Waals surface area contributed by atoms with E-state index in [2.05, 4.69) is 27.8 Å². The van der Waals surface area contributed by atoms with Gasteiger partial charge in [-0.1, -0.05) is 18.3 Å². The van der Waals surface area contributed by atoms with Crippen LogP contribution in [0, 0.1) is 5.92 Å². The SMILES string of the molecule is CCNc1nnc(C(=O)NC2CC2C)s1. The van der Waals surface area contributed by atoms with Crippen molar-refractivity contribution in [1.29, 1.82) is 0 Å². The maximum Gasteiger partial charge on any atom is 0.282 e. The lowest BCUT2D eigenvalue weighted by Crippen LogP contribution is -2.26. The normalized spacial score (nSPS) is 23.6. The van der Waals surface area contributed by atoms with Crippen molar-refractivity contribution in [1.82, 2.24) is 15.5 Å². The average molecular weight is 226 g/mol. The summed E-state index contributed by atoms with van der Waals surface area (Å²) in [5.74, 6) is 0.501. The van der Waals surface area contributed by atoms with Gasteiger partial charge in [0.05, 0.1) is 0 Å². The Labute approximate surface area is 92.3 Å². The molecule has 1 amide bonds. The molecule has 0 spiro atoms. The molecule has 0 radical (unpaired) electrons. The van der Waals surface area contributed by atoms with Crippen molar-refractivity contribution in [2.75, 3.05) is 11.9 Å². The van der Waals surface area contributed by atoms with Crippen LogP contribution < -0.4 is 10.6 Å². The number of carbonyl (C=O) groups is 1. The van der Waals surface area contributed by atoms with Gasteiger partial charge < -0.3 is 10.6 Å². The fraction of sp³-hybridized carbons (Fsp3) is 0.667. The monoisotopic (exact) mass is 226 g/mol. The summed E-state index contributed by atoms with van der Waals surface area (Å²) in [5, 5.41) is 14.8. The number of hydrogen-bond acceptors (Lipinski definition) is 5. The molecular weight excluding hydrogens is 212 g/mol. The predicted molar refractivity (Wildman–Crippen MR) is 59.1 cm³/mol. The summed E-state index contributed by atoms with van der Waals surface area (Å²) in [6, 6.07) is 0.337. The highest BCUT2D eigenvalue weighted by atomic mass is 32.1. The number of hydrogen-bond donors (Lipinski definition) is 2. The van der Waals surface area contributed by atoms with E-state index in [1.807, 2.05) is 6.92 Å². The lowest BCUT2D eigenvalue weighted by atomic mass is 10.5. The molecule has 2 rings (SSSR count). The lowest BCUT2D eigenvalue weighted by Gasteiger charge is -1.98. The second kappa shape index (κ2) is 4.14. The second-order valence-corrected chi connectivity index (χ2v) is 4.71. The van der Waals surface area contributed by atoms with E-state index < -0.39 is 0 Å². The third-order valence-electron chi connectivity index (χ3n) is 2.37. The number of aromatic nitrogens is 2. The van der Waals surface area contributed by atoms with E-state index in [4.69, 9.17) is 0 Å². The van der Waals surface area contributed by atoms with Crippen LogP contribution in [0.4, 0.5) is 5.13 Å². The highest BCUT2D eigenvalue weighted by Gasteiger charge is 2.34. The molecule has 15 heavy (non-hydrogen) atoms. The first-order chi connectivity index (χ1) is 7.20.